The Morgan fingerprint density at radius 1 is 1.14 bits per heavy atom. The molecule has 0 aliphatic carbocycles. The summed E-state index contributed by atoms with van der Waals surface area (Å²) in [4.78, 5) is 24.4. The number of rotatable bonds is 8. The average Bonchev–Trinajstić information content (AvgIpc) is 3.20. The normalized spacial score (nSPS) is 10.4. The molecule has 0 saturated carbocycles. The Hall–Kier alpha value is -2.97. The minimum atomic E-state index is -0.364. The quantitative estimate of drug-likeness (QED) is 0.568. The van der Waals surface area contributed by atoms with Crippen LogP contribution in [0.2, 0.25) is 5.02 Å². The number of hydrogen-bond acceptors (Lipinski definition) is 6. The summed E-state index contributed by atoms with van der Waals surface area (Å²) in [7, 11) is 1.59. The second-order valence-corrected chi connectivity index (χ2v) is 7.55. The number of carbonyl (C=O) groups excluding carboxylic acids is 2. The number of amides is 2. The number of hydrogen-bond donors (Lipinski definition) is 2. The fourth-order valence-corrected chi connectivity index (χ4v) is 3.47. The van der Waals surface area contributed by atoms with Gasteiger partial charge in [-0.15, -0.1) is 10.2 Å². The van der Waals surface area contributed by atoms with Gasteiger partial charge in [-0.25, -0.2) is 0 Å². The first-order valence-electron chi connectivity index (χ1n) is 8.83. The van der Waals surface area contributed by atoms with Crippen molar-refractivity contribution in [1.82, 2.24) is 15.5 Å². The predicted octanol–water partition coefficient (Wildman–Crippen LogP) is 3.70. The fourth-order valence-electron chi connectivity index (χ4n) is 2.55. The Morgan fingerprint density at radius 2 is 1.97 bits per heavy atom. The summed E-state index contributed by atoms with van der Waals surface area (Å²) in [6, 6.07) is 14.4. The largest absolute Gasteiger partial charge is 0.496 e. The van der Waals surface area contributed by atoms with E-state index in [4.69, 9.17) is 16.3 Å². The van der Waals surface area contributed by atoms with Gasteiger partial charge in [0.15, 0.2) is 0 Å². The van der Waals surface area contributed by atoms with Gasteiger partial charge in [-0.3, -0.25) is 9.59 Å². The Morgan fingerprint density at radius 3 is 2.76 bits per heavy atom. The van der Waals surface area contributed by atoms with Crippen LogP contribution in [0.4, 0.5) is 5.69 Å². The Labute approximate surface area is 177 Å². The summed E-state index contributed by atoms with van der Waals surface area (Å²) in [6.07, 6.45) is 0.652. The van der Waals surface area contributed by atoms with Gasteiger partial charge in [0, 0.05) is 35.7 Å². The minimum Gasteiger partial charge on any atom is -0.496 e. The van der Waals surface area contributed by atoms with E-state index >= 15 is 0 Å². The lowest BCUT2D eigenvalue weighted by Crippen LogP contribution is -2.23. The summed E-state index contributed by atoms with van der Waals surface area (Å²) < 4.78 is 5.27. The van der Waals surface area contributed by atoms with Crippen molar-refractivity contribution in [3.63, 3.8) is 0 Å². The number of halogens is 1. The second-order valence-electron chi connectivity index (χ2n) is 6.05. The molecule has 2 amide bonds. The van der Waals surface area contributed by atoms with Gasteiger partial charge < -0.3 is 15.4 Å². The van der Waals surface area contributed by atoms with Crippen LogP contribution >= 0.6 is 22.9 Å². The lowest BCUT2D eigenvalue weighted by Gasteiger charge is -2.09. The molecule has 2 N–H and O–H groups in total. The Kier molecular flexibility index (Phi) is 7.15. The fraction of sp³-hybridized carbons (Fsp3) is 0.200. The average molecular weight is 431 g/mol. The van der Waals surface area contributed by atoms with Crippen LogP contribution < -0.4 is 15.4 Å². The predicted molar refractivity (Wildman–Crippen MR) is 112 cm³/mol. The van der Waals surface area contributed by atoms with E-state index < -0.39 is 0 Å². The van der Waals surface area contributed by atoms with Crippen molar-refractivity contribution < 1.29 is 14.3 Å². The minimum absolute atomic E-state index is 0.115. The maximum Gasteiger partial charge on any atom is 0.286 e. The Bertz CT molecular complexity index is 1010. The van der Waals surface area contributed by atoms with E-state index in [-0.39, 0.29) is 23.2 Å². The van der Waals surface area contributed by atoms with Gasteiger partial charge in [0.05, 0.1) is 7.11 Å². The van der Waals surface area contributed by atoms with Crippen molar-refractivity contribution in [3.8, 4) is 5.75 Å². The van der Waals surface area contributed by atoms with Crippen LogP contribution in [-0.4, -0.2) is 29.1 Å². The van der Waals surface area contributed by atoms with Gasteiger partial charge in [-0.05, 0) is 24.3 Å². The second kappa shape index (κ2) is 9.99. The third-order valence-electron chi connectivity index (χ3n) is 3.98. The molecule has 1 heterocycles. The number of ether oxygens (including phenoxy) is 1. The van der Waals surface area contributed by atoms with Crippen LogP contribution in [0.5, 0.6) is 5.75 Å². The zero-order valence-electron chi connectivity index (χ0n) is 15.6. The van der Waals surface area contributed by atoms with E-state index in [2.05, 4.69) is 20.8 Å². The van der Waals surface area contributed by atoms with Crippen LogP contribution in [0.15, 0.2) is 48.5 Å². The van der Waals surface area contributed by atoms with Crippen molar-refractivity contribution in [2.24, 2.45) is 0 Å². The van der Waals surface area contributed by atoms with Crippen LogP contribution in [-0.2, 0) is 17.8 Å². The molecule has 0 atom stereocenters. The van der Waals surface area contributed by atoms with Gasteiger partial charge in [-0.1, -0.05) is 47.2 Å². The molecule has 0 saturated heterocycles. The molecule has 0 radical (unpaired) electrons. The summed E-state index contributed by atoms with van der Waals surface area (Å²) in [6.45, 7) is 0.381. The van der Waals surface area contributed by atoms with Crippen molar-refractivity contribution in [2.75, 3.05) is 12.4 Å². The number of carbonyl (C=O) groups is 2. The molecule has 7 nitrogen and oxygen atoms in total. The molecule has 0 fully saturated rings. The number of nitrogens with zero attached hydrogens (tertiary/aromatic N) is 2. The van der Waals surface area contributed by atoms with Gasteiger partial charge >= 0.3 is 0 Å². The molecule has 0 bridgehead atoms. The van der Waals surface area contributed by atoms with Crippen LogP contribution in [0, 0.1) is 0 Å². The maximum atomic E-state index is 12.3. The van der Waals surface area contributed by atoms with E-state index in [9.17, 15) is 9.59 Å². The summed E-state index contributed by atoms with van der Waals surface area (Å²) in [5.74, 6) is 0.250. The van der Waals surface area contributed by atoms with Crippen LogP contribution in [0.25, 0.3) is 0 Å². The van der Waals surface area contributed by atoms with Crippen molar-refractivity contribution in [2.45, 2.75) is 19.4 Å². The molecule has 0 aliphatic rings. The van der Waals surface area contributed by atoms with E-state index in [0.717, 1.165) is 22.6 Å². The van der Waals surface area contributed by atoms with Gasteiger partial charge in [0.2, 0.25) is 10.9 Å². The number of anilines is 1. The first-order valence-corrected chi connectivity index (χ1v) is 10.0. The number of para-hydroxylation sites is 1. The number of nitrogens with one attached hydrogen (secondary N) is 2. The maximum absolute atomic E-state index is 12.3. The zero-order valence-corrected chi connectivity index (χ0v) is 17.2. The lowest BCUT2D eigenvalue weighted by molar-refractivity contribution is -0.121. The molecular weight excluding hydrogens is 412 g/mol. The molecular formula is C20H19ClN4O3S. The molecule has 0 spiro atoms. The van der Waals surface area contributed by atoms with Gasteiger partial charge in [0.1, 0.15) is 10.8 Å². The molecule has 9 heteroatoms. The first kappa shape index (κ1) is 20.8. The van der Waals surface area contributed by atoms with Crippen molar-refractivity contribution in [1.29, 1.82) is 0 Å². The monoisotopic (exact) mass is 430 g/mol. The highest BCUT2D eigenvalue weighted by Gasteiger charge is 2.14. The highest BCUT2D eigenvalue weighted by molar-refractivity contribution is 7.13. The zero-order chi connectivity index (χ0) is 20.6. The summed E-state index contributed by atoms with van der Waals surface area (Å²) >= 11 is 7.07. The third-order valence-corrected chi connectivity index (χ3v) is 5.19. The SMILES string of the molecule is COc1ccccc1CNC(=O)CCc1nnc(C(=O)Nc2cccc(Cl)c2)s1. The van der Waals surface area contributed by atoms with Crippen LogP contribution in [0.1, 0.15) is 26.8 Å². The number of benzene rings is 2. The topological polar surface area (TPSA) is 93.2 Å². The van der Waals surface area contributed by atoms with E-state index in [0.29, 0.717) is 28.7 Å². The van der Waals surface area contributed by atoms with E-state index in [1.54, 1.807) is 31.4 Å². The molecule has 0 aliphatic heterocycles. The summed E-state index contributed by atoms with van der Waals surface area (Å²) in [5.41, 5.74) is 1.48. The number of methoxy groups -OCH3 is 1. The number of aryl methyl sites for hydroxylation is 1. The van der Waals surface area contributed by atoms with E-state index in [1.807, 2.05) is 24.3 Å². The van der Waals surface area contributed by atoms with Crippen molar-refractivity contribution in [3.05, 3.63) is 69.1 Å². The molecule has 2 aromatic carbocycles. The molecule has 29 heavy (non-hydrogen) atoms. The third kappa shape index (κ3) is 6.00. The standard InChI is InChI=1S/C20H19ClN4O3S/c1-28-16-8-3-2-5-13(16)12-22-17(26)9-10-18-24-25-20(29-18)19(27)23-15-7-4-6-14(21)11-15/h2-8,11H,9-10,12H2,1H3,(H,22,26)(H,23,27). The smallest absolute Gasteiger partial charge is 0.286 e. The van der Waals surface area contributed by atoms with E-state index in [1.165, 1.54) is 0 Å². The highest BCUT2D eigenvalue weighted by atomic mass is 35.5. The van der Waals surface area contributed by atoms with Crippen LogP contribution in [0.3, 0.4) is 0 Å². The molecule has 1 aromatic heterocycles. The van der Waals surface area contributed by atoms with Gasteiger partial charge in [0.25, 0.3) is 5.91 Å². The molecule has 3 aromatic rings. The Balaban J connectivity index is 1.48. The van der Waals surface area contributed by atoms with Crippen molar-refractivity contribution >= 4 is 40.4 Å². The first-order chi connectivity index (χ1) is 14.0. The number of aromatic nitrogens is 2. The molecule has 3 rings (SSSR count). The lowest BCUT2D eigenvalue weighted by atomic mass is 10.2. The highest BCUT2D eigenvalue weighted by Crippen LogP contribution is 2.18. The molecule has 0 unspecified atom stereocenters. The summed E-state index contributed by atoms with van der Waals surface area (Å²) in [5, 5.41) is 14.9. The molecule has 150 valence electrons. The van der Waals surface area contributed by atoms with Gasteiger partial charge in [-0.2, -0.15) is 0 Å².